The van der Waals surface area contributed by atoms with E-state index in [9.17, 15) is 4.79 Å². The highest BCUT2D eigenvalue weighted by molar-refractivity contribution is 5.91. The van der Waals surface area contributed by atoms with Crippen molar-refractivity contribution < 1.29 is 9.53 Å². The highest BCUT2D eigenvalue weighted by Gasteiger charge is 2.18. The van der Waals surface area contributed by atoms with Crippen molar-refractivity contribution in [2.24, 2.45) is 0 Å². The number of rotatable bonds is 6. The van der Waals surface area contributed by atoms with Crippen LogP contribution in [0.15, 0.2) is 54.7 Å². The van der Waals surface area contributed by atoms with Crippen LogP contribution in [-0.2, 0) is 24.2 Å². The maximum absolute atomic E-state index is 12.5. The monoisotopic (exact) mass is 403 g/mol. The van der Waals surface area contributed by atoms with Crippen molar-refractivity contribution in [2.75, 3.05) is 29.6 Å². The van der Waals surface area contributed by atoms with Crippen molar-refractivity contribution in [3.05, 3.63) is 71.4 Å². The standard InChI is InChI=1S/C23H25N5O2/c1-30-20-5-3-2-4-17(20)7-9-22(29)26-19-8-6-16-11-13-28(15-18(16)14-19)21-10-12-25-23(24)27-21/h2-6,8,10,12,14H,7,9,11,13,15H2,1H3,(H,26,29)(H2,24,25,27). The molecule has 0 fully saturated rings. The average Bonchev–Trinajstić information content (AvgIpc) is 2.77. The molecule has 4 rings (SSSR count). The van der Waals surface area contributed by atoms with Crippen LogP contribution in [0.2, 0.25) is 0 Å². The molecule has 1 aliphatic rings. The van der Waals surface area contributed by atoms with Crippen LogP contribution in [0.4, 0.5) is 17.5 Å². The van der Waals surface area contributed by atoms with Gasteiger partial charge in [-0.25, -0.2) is 4.98 Å². The molecule has 0 saturated carbocycles. The molecule has 0 bridgehead atoms. The zero-order valence-electron chi connectivity index (χ0n) is 17.0. The normalized spacial score (nSPS) is 12.9. The largest absolute Gasteiger partial charge is 0.496 e. The summed E-state index contributed by atoms with van der Waals surface area (Å²) < 4.78 is 5.36. The van der Waals surface area contributed by atoms with Gasteiger partial charge in [-0.2, -0.15) is 4.98 Å². The number of nitrogens with one attached hydrogen (secondary N) is 1. The second kappa shape index (κ2) is 8.82. The summed E-state index contributed by atoms with van der Waals surface area (Å²) in [6.07, 6.45) is 3.61. The summed E-state index contributed by atoms with van der Waals surface area (Å²) in [4.78, 5) is 22.9. The van der Waals surface area contributed by atoms with Gasteiger partial charge in [-0.15, -0.1) is 0 Å². The minimum absolute atomic E-state index is 0.0166. The second-order valence-corrected chi connectivity index (χ2v) is 7.29. The molecule has 0 saturated heterocycles. The zero-order valence-corrected chi connectivity index (χ0v) is 17.0. The van der Waals surface area contributed by atoms with Gasteiger partial charge in [0.25, 0.3) is 0 Å². The summed E-state index contributed by atoms with van der Waals surface area (Å²) in [5.74, 6) is 1.88. The molecule has 1 aromatic heterocycles. The molecule has 3 N–H and O–H groups in total. The summed E-state index contributed by atoms with van der Waals surface area (Å²) in [7, 11) is 1.64. The van der Waals surface area contributed by atoms with Crippen molar-refractivity contribution in [3.63, 3.8) is 0 Å². The Labute approximate surface area is 175 Å². The predicted molar refractivity (Wildman–Crippen MR) is 118 cm³/mol. The summed E-state index contributed by atoms with van der Waals surface area (Å²) >= 11 is 0. The second-order valence-electron chi connectivity index (χ2n) is 7.29. The number of anilines is 3. The number of nitrogens with two attached hydrogens (primary N) is 1. The smallest absolute Gasteiger partial charge is 0.224 e. The number of nitrogens with zero attached hydrogens (tertiary/aromatic N) is 3. The lowest BCUT2D eigenvalue weighted by Gasteiger charge is -2.30. The van der Waals surface area contributed by atoms with Crippen LogP contribution in [0.1, 0.15) is 23.1 Å². The van der Waals surface area contributed by atoms with E-state index < -0.39 is 0 Å². The first-order valence-electron chi connectivity index (χ1n) is 9.99. The number of carbonyl (C=O) groups is 1. The first-order valence-corrected chi connectivity index (χ1v) is 9.99. The lowest BCUT2D eigenvalue weighted by atomic mass is 9.99. The molecule has 0 aliphatic carbocycles. The fourth-order valence-corrected chi connectivity index (χ4v) is 3.75. The summed E-state index contributed by atoms with van der Waals surface area (Å²) in [6, 6.07) is 15.8. The van der Waals surface area contributed by atoms with E-state index in [2.05, 4.69) is 26.3 Å². The Hall–Kier alpha value is -3.61. The molecule has 7 nitrogen and oxygen atoms in total. The fraction of sp³-hybridized carbons (Fsp3) is 0.261. The van der Waals surface area contributed by atoms with Gasteiger partial charge >= 0.3 is 0 Å². The topological polar surface area (TPSA) is 93.4 Å². The Bertz CT molecular complexity index is 1050. The van der Waals surface area contributed by atoms with Gasteiger partial charge in [0.2, 0.25) is 11.9 Å². The Morgan fingerprint density at radius 3 is 2.90 bits per heavy atom. The minimum Gasteiger partial charge on any atom is -0.496 e. The Kier molecular flexibility index (Phi) is 5.79. The average molecular weight is 403 g/mol. The van der Waals surface area contributed by atoms with Crippen LogP contribution in [0, 0.1) is 0 Å². The van der Waals surface area contributed by atoms with Crippen molar-refractivity contribution in [1.82, 2.24) is 9.97 Å². The van der Waals surface area contributed by atoms with Crippen LogP contribution in [-0.4, -0.2) is 29.5 Å². The van der Waals surface area contributed by atoms with Crippen LogP contribution in [0.25, 0.3) is 0 Å². The number of nitrogen functional groups attached to an aromatic ring is 1. The summed E-state index contributed by atoms with van der Waals surface area (Å²) in [5, 5.41) is 3.02. The van der Waals surface area contributed by atoms with Gasteiger partial charge in [0, 0.05) is 31.4 Å². The molecule has 7 heteroatoms. The summed E-state index contributed by atoms with van der Waals surface area (Å²) in [5.41, 5.74) is 10.0. The molecular weight excluding hydrogens is 378 g/mol. The van der Waals surface area contributed by atoms with Crippen molar-refractivity contribution in [1.29, 1.82) is 0 Å². The van der Waals surface area contributed by atoms with Crippen LogP contribution < -0.4 is 20.7 Å². The molecule has 3 aromatic rings. The highest BCUT2D eigenvalue weighted by Crippen LogP contribution is 2.26. The van der Waals surface area contributed by atoms with Gasteiger partial charge < -0.3 is 20.7 Å². The van der Waals surface area contributed by atoms with Crippen LogP contribution in [0.3, 0.4) is 0 Å². The maximum Gasteiger partial charge on any atom is 0.224 e. The zero-order chi connectivity index (χ0) is 20.9. The molecule has 0 spiro atoms. The van der Waals surface area contributed by atoms with Gasteiger partial charge in [-0.05, 0) is 53.8 Å². The number of methoxy groups -OCH3 is 1. The van der Waals surface area contributed by atoms with Crippen LogP contribution in [0.5, 0.6) is 5.75 Å². The number of hydrogen-bond donors (Lipinski definition) is 2. The highest BCUT2D eigenvalue weighted by atomic mass is 16.5. The number of amides is 1. The molecule has 1 amide bonds. The van der Waals surface area contributed by atoms with Crippen molar-refractivity contribution in [3.8, 4) is 5.75 Å². The first-order chi connectivity index (χ1) is 14.6. The molecule has 2 aromatic carbocycles. The summed E-state index contributed by atoms with van der Waals surface area (Å²) in [6.45, 7) is 1.59. The molecule has 0 atom stereocenters. The van der Waals surface area contributed by atoms with E-state index in [1.165, 1.54) is 11.1 Å². The van der Waals surface area contributed by atoms with E-state index in [0.717, 1.165) is 42.3 Å². The van der Waals surface area contributed by atoms with Crippen molar-refractivity contribution in [2.45, 2.75) is 25.8 Å². The number of aromatic nitrogens is 2. The first kappa shape index (κ1) is 19.7. The lowest BCUT2D eigenvalue weighted by Crippen LogP contribution is -2.31. The third kappa shape index (κ3) is 4.51. The SMILES string of the molecule is COc1ccccc1CCC(=O)Nc1ccc2c(c1)CN(c1ccnc(N)n1)CC2. The Morgan fingerprint density at radius 2 is 2.07 bits per heavy atom. The van der Waals surface area contributed by atoms with E-state index in [-0.39, 0.29) is 11.9 Å². The number of ether oxygens (including phenoxy) is 1. The fourth-order valence-electron chi connectivity index (χ4n) is 3.75. The molecular formula is C23H25N5O2. The number of fused-ring (bicyclic) bond motifs is 1. The quantitative estimate of drug-likeness (QED) is 0.657. The number of benzene rings is 2. The van der Waals surface area contributed by atoms with E-state index in [0.29, 0.717) is 12.8 Å². The van der Waals surface area contributed by atoms with Crippen LogP contribution >= 0.6 is 0 Å². The number of carbonyl (C=O) groups excluding carboxylic acids is 1. The number of aryl methyl sites for hydroxylation is 1. The van der Waals surface area contributed by atoms with Gasteiger partial charge in [-0.3, -0.25) is 4.79 Å². The van der Waals surface area contributed by atoms with E-state index in [1.54, 1.807) is 13.3 Å². The van der Waals surface area contributed by atoms with E-state index >= 15 is 0 Å². The Balaban J connectivity index is 1.40. The van der Waals surface area contributed by atoms with Gasteiger partial charge in [0.15, 0.2) is 0 Å². The third-order valence-corrected chi connectivity index (χ3v) is 5.30. The minimum atomic E-state index is -0.0166. The predicted octanol–water partition coefficient (Wildman–Crippen LogP) is 3.20. The van der Waals surface area contributed by atoms with Gasteiger partial charge in [0.05, 0.1) is 7.11 Å². The number of para-hydroxylation sites is 1. The van der Waals surface area contributed by atoms with Gasteiger partial charge in [0.1, 0.15) is 11.6 Å². The lowest BCUT2D eigenvalue weighted by molar-refractivity contribution is -0.116. The molecule has 154 valence electrons. The molecule has 0 unspecified atom stereocenters. The maximum atomic E-state index is 12.5. The van der Waals surface area contributed by atoms with Gasteiger partial charge in [-0.1, -0.05) is 24.3 Å². The van der Waals surface area contributed by atoms with Crippen molar-refractivity contribution >= 4 is 23.4 Å². The van der Waals surface area contributed by atoms with E-state index in [1.807, 2.05) is 42.5 Å². The molecule has 0 radical (unpaired) electrons. The number of hydrogen-bond acceptors (Lipinski definition) is 6. The third-order valence-electron chi connectivity index (χ3n) is 5.30. The molecule has 1 aliphatic heterocycles. The molecule has 30 heavy (non-hydrogen) atoms. The molecule has 2 heterocycles. The Morgan fingerprint density at radius 1 is 1.20 bits per heavy atom. The van der Waals surface area contributed by atoms with E-state index in [4.69, 9.17) is 10.5 Å².